The first kappa shape index (κ1) is 43.0. The molecule has 0 spiro atoms. The SMILES string of the molecule is Cn1c(=O)n(C2CCC(=O)NC2=O)c2ccc(CCCN3CCN(c4nc(-c5nc(C67CCC(CNC(=O)c8cc(F)c(O)c(F)c8F)(CC6)CC7)no5)cc(-n5ccnc5)n4)CC3)cc21. The van der Waals surface area contributed by atoms with Crippen LogP contribution in [0.5, 0.6) is 5.75 Å². The number of phenols is 1. The van der Waals surface area contributed by atoms with Crippen molar-refractivity contribution in [1.29, 1.82) is 0 Å². The number of piperidine rings is 1. The fraction of sp³-hybridized carbons (Fsp3) is 0.444. The van der Waals surface area contributed by atoms with Crippen molar-refractivity contribution in [3.8, 4) is 23.2 Å². The highest BCUT2D eigenvalue weighted by Crippen LogP contribution is 2.57. The average molecular weight is 909 g/mol. The molecule has 66 heavy (non-hydrogen) atoms. The molecule has 0 radical (unpaired) electrons. The highest BCUT2D eigenvalue weighted by molar-refractivity contribution is 6.00. The molecule has 3 N–H and O–H groups in total. The van der Waals surface area contributed by atoms with E-state index in [4.69, 9.17) is 19.5 Å². The zero-order valence-electron chi connectivity index (χ0n) is 36.1. The Morgan fingerprint density at radius 3 is 2.45 bits per heavy atom. The maximum atomic E-state index is 14.4. The van der Waals surface area contributed by atoms with Gasteiger partial charge in [0.2, 0.25) is 23.6 Å². The number of aromatic nitrogens is 8. The van der Waals surface area contributed by atoms with E-state index in [0.29, 0.717) is 67.2 Å². The summed E-state index contributed by atoms with van der Waals surface area (Å²) >= 11 is 0. The Labute approximate surface area is 374 Å². The lowest BCUT2D eigenvalue weighted by Crippen LogP contribution is -2.49. The number of imidazole rings is 2. The fourth-order valence-corrected chi connectivity index (χ4v) is 10.2. The summed E-state index contributed by atoms with van der Waals surface area (Å²) in [4.78, 5) is 73.8. The molecule has 5 aliphatic rings. The van der Waals surface area contributed by atoms with E-state index in [1.54, 1.807) is 41.0 Å². The Balaban J connectivity index is 0.770. The van der Waals surface area contributed by atoms with Crippen LogP contribution in [-0.4, -0.2) is 106 Å². The number of nitrogens with zero attached hydrogens (tertiary/aromatic N) is 10. The van der Waals surface area contributed by atoms with E-state index >= 15 is 0 Å². The van der Waals surface area contributed by atoms with Crippen molar-refractivity contribution < 1.29 is 37.2 Å². The minimum absolute atomic E-state index is 0.188. The van der Waals surface area contributed by atoms with Crippen LogP contribution in [0.2, 0.25) is 0 Å². The summed E-state index contributed by atoms with van der Waals surface area (Å²) in [7, 11) is 1.70. The summed E-state index contributed by atoms with van der Waals surface area (Å²) in [5.74, 6) is -6.05. The van der Waals surface area contributed by atoms with Crippen molar-refractivity contribution in [1.82, 2.24) is 54.3 Å². The molecule has 18 nitrogen and oxygen atoms in total. The number of carbonyl (C=O) groups excluding carboxylic acids is 3. The lowest BCUT2D eigenvalue weighted by atomic mass is 9.53. The number of benzene rings is 2. The predicted molar refractivity (Wildman–Crippen MR) is 230 cm³/mol. The summed E-state index contributed by atoms with van der Waals surface area (Å²) < 4.78 is 53.0. The zero-order valence-corrected chi connectivity index (χ0v) is 36.1. The Kier molecular flexibility index (Phi) is 11.0. The number of imide groups is 1. The van der Waals surface area contributed by atoms with Gasteiger partial charge in [-0.15, -0.1) is 0 Å². The Morgan fingerprint density at radius 1 is 0.955 bits per heavy atom. The number of halogens is 3. The van der Waals surface area contributed by atoms with Crippen LogP contribution in [-0.2, 0) is 28.5 Å². The molecular formula is C45H47F3N12O6. The van der Waals surface area contributed by atoms with E-state index in [2.05, 4.69) is 30.6 Å². The van der Waals surface area contributed by atoms with E-state index in [1.165, 1.54) is 4.57 Å². The molecule has 5 fully saturated rings. The van der Waals surface area contributed by atoms with E-state index in [1.807, 2.05) is 18.2 Å². The van der Waals surface area contributed by atoms with E-state index in [0.717, 1.165) is 62.8 Å². The van der Waals surface area contributed by atoms with Gasteiger partial charge in [-0.3, -0.25) is 38.3 Å². The van der Waals surface area contributed by atoms with Gasteiger partial charge < -0.3 is 19.8 Å². The average Bonchev–Trinajstić information content (AvgIpc) is 4.12. The molecule has 3 amide bonds. The van der Waals surface area contributed by atoms with Gasteiger partial charge in [0, 0.05) is 70.1 Å². The van der Waals surface area contributed by atoms with Crippen molar-refractivity contribution in [3.05, 3.63) is 93.9 Å². The number of amides is 3. The molecule has 2 saturated heterocycles. The molecule has 2 aliphatic heterocycles. The van der Waals surface area contributed by atoms with Crippen LogP contribution < -0.4 is 21.2 Å². The van der Waals surface area contributed by atoms with Gasteiger partial charge in [-0.1, -0.05) is 11.2 Å². The number of rotatable bonds is 12. The van der Waals surface area contributed by atoms with Crippen LogP contribution in [0.1, 0.15) is 85.6 Å². The molecule has 2 aromatic carbocycles. The van der Waals surface area contributed by atoms with Crippen LogP contribution in [0.25, 0.3) is 28.4 Å². The number of nitrogens with one attached hydrogen (secondary N) is 2. The van der Waals surface area contributed by atoms with Crippen LogP contribution >= 0.6 is 0 Å². The molecule has 3 aliphatic carbocycles. The van der Waals surface area contributed by atoms with Crippen LogP contribution in [0, 0.1) is 22.9 Å². The Hall–Kier alpha value is -6.90. The van der Waals surface area contributed by atoms with E-state index < -0.39 is 46.6 Å². The molecule has 1 atom stereocenters. The van der Waals surface area contributed by atoms with Crippen LogP contribution in [0.4, 0.5) is 19.1 Å². The summed E-state index contributed by atoms with van der Waals surface area (Å²) in [6.45, 7) is 4.03. The molecule has 6 aromatic rings. The van der Waals surface area contributed by atoms with Crippen molar-refractivity contribution >= 4 is 34.7 Å². The highest BCUT2D eigenvalue weighted by atomic mass is 19.2. The Bertz CT molecular complexity index is 2920. The number of piperazine rings is 1. The molecule has 2 bridgehead atoms. The fourth-order valence-electron chi connectivity index (χ4n) is 10.2. The third-order valence-corrected chi connectivity index (χ3v) is 14.3. The molecule has 344 valence electrons. The van der Waals surface area contributed by atoms with Gasteiger partial charge in [0.15, 0.2) is 23.2 Å². The number of anilines is 1. The Morgan fingerprint density at radius 2 is 1.73 bits per heavy atom. The molecular weight excluding hydrogens is 862 g/mol. The van der Waals surface area contributed by atoms with Gasteiger partial charge in [-0.25, -0.2) is 23.5 Å². The lowest BCUT2D eigenvalue weighted by Gasteiger charge is -2.52. The van der Waals surface area contributed by atoms with Crippen molar-refractivity contribution in [2.24, 2.45) is 12.5 Å². The normalized spacial score (nSPS) is 22.3. The number of aromatic hydroxyl groups is 1. The number of hydrogen-bond acceptors (Lipinski definition) is 13. The second-order valence-corrected chi connectivity index (χ2v) is 18.1. The van der Waals surface area contributed by atoms with Gasteiger partial charge in [0.05, 0.1) is 16.6 Å². The first-order chi connectivity index (χ1) is 31.8. The van der Waals surface area contributed by atoms with Gasteiger partial charge in [-0.2, -0.15) is 14.4 Å². The van der Waals surface area contributed by atoms with Crippen molar-refractivity contribution in [2.45, 2.75) is 75.7 Å². The third-order valence-electron chi connectivity index (χ3n) is 14.3. The number of fused-ring (bicyclic) bond motifs is 4. The number of hydrogen-bond donors (Lipinski definition) is 3. The predicted octanol–water partition coefficient (Wildman–Crippen LogP) is 4.24. The standard InChI is InChI=1S/C45H47F3N12O6/c1-56-32-21-26(4-5-30(32)60(43(56)65)31-6-7-34(61)53-39(31)64)3-2-15-57-17-19-58(20-18-57)42-51-29(23-33(52-42)59-16-14-49-25-59)40-54-41(55-66-40)45-11-8-44(9-12-45,10-13-45)24-50-38(63)27-22-28(46)37(62)36(48)35(27)47/h4-5,14,16,21-23,25,31,62H,2-3,6-13,15,17-20,24H2,1H3,(H,50,63)(H,53,61,64). The number of aryl methyl sites for hydroxylation is 2. The van der Waals surface area contributed by atoms with Crippen molar-refractivity contribution in [2.75, 3.05) is 44.2 Å². The number of carbonyl (C=O) groups is 3. The number of phenolic OH excluding ortho intramolecular Hbond substituents is 1. The largest absolute Gasteiger partial charge is 0.503 e. The first-order valence-electron chi connectivity index (χ1n) is 22.2. The molecule has 21 heteroatoms. The smallest absolute Gasteiger partial charge is 0.329 e. The van der Waals surface area contributed by atoms with Crippen LogP contribution in [0.15, 0.2) is 58.4 Å². The first-order valence-corrected chi connectivity index (χ1v) is 22.2. The lowest BCUT2D eigenvalue weighted by molar-refractivity contribution is -0.135. The maximum Gasteiger partial charge on any atom is 0.329 e. The molecule has 11 rings (SSSR count). The van der Waals surface area contributed by atoms with E-state index in [-0.39, 0.29) is 47.7 Å². The summed E-state index contributed by atoms with van der Waals surface area (Å²) in [5, 5.41) is 18.8. The molecule has 1 unspecified atom stereocenters. The second-order valence-electron chi connectivity index (χ2n) is 18.1. The minimum atomic E-state index is -1.80. The third kappa shape index (κ3) is 7.77. The van der Waals surface area contributed by atoms with Gasteiger partial charge in [0.1, 0.15) is 23.9 Å². The van der Waals surface area contributed by atoms with Gasteiger partial charge in [0.25, 0.3) is 11.8 Å². The zero-order chi connectivity index (χ0) is 45.9. The van der Waals surface area contributed by atoms with Gasteiger partial charge in [-0.05, 0) is 93.5 Å². The maximum absolute atomic E-state index is 14.4. The molecule has 4 aromatic heterocycles. The molecule has 6 heterocycles. The summed E-state index contributed by atoms with van der Waals surface area (Å²) in [6, 6.07) is 7.46. The second kappa shape index (κ2) is 16.8. The highest BCUT2D eigenvalue weighted by Gasteiger charge is 2.52. The summed E-state index contributed by atoms with van der Waals surface area (Å²) in [5.41, 5.74) is 1.25. The summed E-state index contributed by atoms with van der Waals surface area (Å²) in [6.07, 6.45) is 11.6. The quantitative estimate of drug-likeness (QED) is 0.116. The van der Waals surface area contributed by atoms with Crippen LogP contribution in [0.3, 0.4) is 0 Å². The monoisotopic (exact) mass is 908 g/mol. The molecule has 3 saturated carbocycles. The van der Waals surface area contributed by atoms with E-state index in [9.17, 15) is 37.5 Å². The van der Waals surface area contributed by atoms with Gasteiger partial charge >= 0.3 is 5.69 Å². The van der Waals surface area contributed by atoms with Crippen molar-refractivity contribution in [3.63, 3.8) is 0 Å². The minimum Gasteiger partial charge on any atom is -0.503 e. The topological polar surface area (TPSA) is 211 Å².